The second-order valence-corrected chi connectivity index (χ2v) is 7.48. The highest BCUT2D eigenvalue weighted by Gasteiger charge is 2.24. The summed E-state index contributed by atoms with van der Waals surface area (Å²) in [5.74, 6) is 0.398. The summed E-state index contributed by atoms with van der Waals surface area (Å²) >= 11 is 0. The Bertz CT molecular complexity index is 853. The van der Waals surface area contributed by atoms with Crippen molar-refractivity contribution >= 4 is 21.6 Å². The third-order valence-electron chi connectivity index (χ3n) is 3.68. The van der Waals surface area contributed by atoms with Gasteiger partial charge in [0.2, 0.25) is 15.9 Å². The normalized spacial score (nSPS) is 10.9. The van der Waals surface area contributed by atoms with Crippen LogP contribution >= 0.6 is 0 Å². The van der Waals surface area contributed by atoms with Crippen molar-refractivity contribution in [2.45, 2.75) is 6.54 Å². The fraction of sp³-hybridized carbons (Fsp3) is 0.278. The Morgan fingerprint density at radius 3 is 2.35 bits per heavy atom. The molecule has 0 aliphatic heterocycles. The van der Waals surface area contributed by atoms with Gasteiger partial charge in [0.15, 0.2) is 0 Å². The van der Waals surface area contributed by atoms with Crippen LogP contribution in [-0.2, 0) is 21.4 Å². The van der Waals surface area contributed by atoms with Gasteiger partial charge in [0.05, 0.1) is 26.2 Å². The predicted molar refractivity (Wildman–Crippen MR) is 100 cm³/mol. The molecule has 26 heavy (non-hydrogen) atoms. The van der Waals surface area contributed by atoms with E-state index in [0.29, 0.717) is 18.0 Å². The average molecular weight is 378 g/mol. The number of hydrogen-bond acceptors (Lipinski definition) is 5. The molecule has 0 heterocycles. The molecule has 0 atom stereocenters. The minimum Gasteiger partial charge on any atom is -0.497 e. The maximum atomic E-state index is 12.3. The monoisotopic (exact) mass is 378 g/mol. The Labute approximate surface area is 153 Å². The van der Waals surface area contributed by atoms with Crippen LogP contribution in [0.5, 0.6) is 11.5 Å². The smallest absolute Gasteiger partial charge is 0.241 e. The molecule has 1 amide bonds. The fourth-order valence-electron chi connectivity index (χ4n) is 2.35. The number of rotatable bonds is 8. The highest BCUT2D eigenvalue weighted by molar-refractivity contribution is 7.92. The van der Waals surface area contributed by atoms with Gasteiger partial charge in [-0.2, -0.15) is 0 Å². The predicted octanol–water partition coefficient (Wildman–Crippen LogP) is 1.79. The van der Waals surface area contributed by atoms with Crippen LogP contribution in [0.25, 0.3) is 0 Å². The summed E-state index contributed by atoms with van der Waals surface area (Å²) in [6.07, 6.45) is 1.04. The number of methoxy groups -OCH3 is 2. The minimum atomic E-state index is -3.70. The van der Waals surface area contributed by atoms with E-state index in [0.717, 1.165) is 16.1 Å². The summed E-state index contributed by atoms with van der Waals surface area (Å²) in [5.41, 5.74) is 1.19. The Morgan fingerprint density at radius 2 is 1.77 bits per heavy atom. The molecule has 7 nitrogen and oxygen atoms in total. The quantitative estimate of drug-likeness (QED) is 0.757. The largest absolute Gasteiger partial charge is 0.497 e. The molecule has 0 spiro atoms. The van der Waals surface area contributed by atoms with Gasteiger partial charge >= 0.3 is 0 Å². The molecule has 0 aliphatic carbocycles. The summed E-state index contributed by atoms with van der Waals surface area (Å²) < 4.78 is 35.8. The van der Waals surface area contributed by atoms with Crippen LogP contribution in [0, 0.1) is 0 Å². The van der Waals surface area contributed by atoms with Crippen LogP contribution < -0.4 is 19.1 Å². The molecule has 0 aromatic heterocycles. The fourth-order valence-corrected chi connectivity index (χ4v) is 3.21. The summed E-state index contributed by atoms with van der Waals surface area (Å²) in [7, 11) is -0.772. The van der Waals surface area contributed by atoms with Crippen molar-refractivity contribution in [2.75, 3.05) is 31.3 Å². The zero-order valence-corrected chi connectivity index (χ0v) is 15.7. The Kier molecular flexibility index (Phi) is 6.46. The van der Waals surface area contributed by atoms with Crippen molar-refractivity contribution in [3.05, 3.63) is 54.1 Å². The first-order valence-electron chi connectivity index (χ1n) is 7.85. The van der Waals surface area contributed by atoms with Crippen LogP contribution in [-0.4, -0.2) is 41.3 Å². The molecule has 0 bridgehead atoms. The number of carbonyl (C=O) groups is 1. The zero-order chi connectivity index (χ0) is 19.2. The van der Waals surface area contributed by atoms with E-state index in [1.807, 2.05) is 30.3 Å². The van der Waals surface area contributed by atoms with Gasteiger partial charge in [-0.1, -0.05) is 30.3 Å². The van der Waals surface area contributed by atoms with Crippen LogP contribution in [0.3, 0.4) is 0 Å². The van der Waals surface area contributed by atoms with Gasteiger partial charge in [-0.25, -0.2) is 8.42 Å². The second-order valence-electron chi connectivity index (χ2n) is 5.57. The number of hydrogen-bond donors (Lipinski definition) is 1. The van der Waals surface area contributed by atoms with Gasteiger partial charge in [-0.05, 0) is 17.7 Å². The number of nitrogens with zero attached hydrogens (tertiary/aromatic N) is 1. The van der Waals surface area contributed by atoms with Crippen LogP contribution in [0.4, 0.5) is 5.69 Å². The standard InChI is InChI=1S/C18H22N2O5S/c1-24-15-9-10-16(17(11-15)25-2)20(26(3,22)23)13-18(21)19-12-14-7-5-4-6-8-14/h4-11H,12-13H2,1-3H3,(H,19,21). The molecular weight excluding hydrogens is 356 g/mol. The number of ether oxygens (including phenoxy) is 2. The summed E-state index contributed by atoms with van der Waals surface area (Å²) in [6.45, 7) is -0.0363. The van der Waals surface area contributed by atoms with Gasteiger partial charge in [0.25, 0.3) is 0 Å². The first-order valence-corrected chi connectivity index (χ1v) is 9.70. The Hall–Kier alpha value is -2.74. The minimum absolute atomic E-state index is 0.269. The van der Waals surface area contributed by atoms with Crippen molar-refractivity contribution in [2.24, 2.45) is 0 Å². The summed E-state index contributed by atoms with van der Waals surface area (Å²) in [4.78, 5) is 12.3. The number of anilines is 1. The van der Waals surface area contributed by atoms with E-state index < -0.39 is 15.9 Å². The molecular formula is C18H22N2O5S. The number of carbonyl (C=O) groups excluding carboxylic acids is 1. The maximum absolute atomic E-state index is 12.3. The average Bonchev–Trinajstić information content (AvgIpc) is 2.64. The van der Waals surface area contributed by atoms with Crippen molar-refractivity contribution in [3.8, 4) is 11.5 Å². The highest BCUT2D eigenvalue weighted by Crippen LogP contribution is 2.33. The maximum Gasteiger partial charge on any atom is 0.241 e. The Morgan fingerprint density at radius 1 is 1.08 bits per heavy atom. The van der Waals surface area contributed by atoms with E-state index in [9.17, 15) is 13.2 Å². The first kappa shape index (κ1) is 19.6. The SMILES string of the molecule is COc1ccc(N(CC(=O)NCc2ccccc2)S(C)(=O)=O)c(OC)c1. The topological polar surface area (TPSA) is 84.9 Å². The van der Waals surface area contributed by atoms with E-state index in [1.165, 1.54) is 14.2 Å². The molecule has 2 aromatic carbocycles. The van der Waals surface area contributed by atoms with Crippen LogP contribution in [0.1, 0.15) is 5.56 Å². The molecule has 0 saturated heterocycles. The third-order valence-corrected chi connectivity index (χ3v) is 4.80. The number of nitrogens with one attached hydrogen (secondary N) is 1. The highest BCUT2D eigenvalue weighted by atomic mass is 32.2. The molecule has 0 radical (unpaired) electrons. The first-order chi connectivity index (χ1) is 12.3. The lowest BCUT2D eigenvalue weighted by Crippen LogP contribution is -2.40. The number of benzene rings is 2. The Balaban J connectivity index is 2.19. The summed E-state index contributed by atoms with van der Waals surface area (Å²) in [6, 6.07) is 14.1. The number of sulfonamides is 1. The van der Waals surface area contributed by atoms with Crippen molar-refractivity contribution in [1.29, 1.82) is 0 Å². The molecule has 2 rings (SSSR count). The van der Waals surface area contributed by atoms with Crippen molar-refractivity contribution in [3.63, 3.8) is 0 Å². The number of amides is 1. The van der Waals surface area contributed by atoms with E-state index >= 15 is 0 Å². The van der Waals surface area contributed by atoms with E-state index in [4.69, 9.17) is 9.47 Å². The van der Waals surface area contributed by atoms with Gasteiger partial charge in [-0.15, -0.1) is 0 Å². The van der Waals surface area contributed by atoms with E-state index in [2.05, 4.69) is 5.32 Å². The third kappa shape index (κ3) is 5.13. The van der Waals surface area contributed by atoms with E-state index in [1.54, 1.807) is 18.2 Å². The lowest BCUT2D eigenvalue weighted by molar-refractivity contribution is -0.119. The summed E-state index contributed by atoms with van der Waals surface area (Å²) in [5, 5.41) is 2.72. The van der Waals surface area contributed by atoms with Crippen LogP contribution in [0.2, 0.25) is 0 Å². The lowest BCUT2D eigenvalue weighted by atomic mass is 10.2. The van der Waals surface area contributed by atoms with Gasteiger partial charge in [-0.3, -0.25) is 9.10 Å². The van der Waals surface area contributed by atoms with Gasteiger partial charge in [0, 0.05) is 12.6 Å². The molecule has 140 valence electrons. The molecule has 0 saturated carbocycles. The molecule has 8 heteroatoms. The molecule has 0 fully saturated rings. The zero-order valence-electron chi connectivity index (χ0n) is 14.9. The molecule has 0 aliphatic rings. The molecule has 1 N–H and O–H groups in total. The van der Waals surface area contributed by atoms with Crippen molar-refractivity contribution < 1.29 is 22.7 Å². The second kappa shape index (κ2) is 8.57. The molecule has 2 aromatic rings. The van der Waals surface area contributed by atoms with Gasteiger partial charge < -0.3 is 14.8 Å². The van der Waals surface area contributed by atoms with Crippen LogP contribution in [0.15, 0.2) is 48.5 Å². The van der Waals surface area contributed by atoms with E-state index in [-0.39, 0.29) is 12.2 Å². The van der Waals surface area contributed by atoms with Gasteiger partial charge in [0.1, 0.15) is 18.0 Å². The van der Waals surface area contributed by atoms with Crippen molar-refractivity contribution in [1.82, 2.24) is 5.32 Å². The molecule has 0 unspecified atom stereocenters. The lowest BCUT2D eigenvalue weighted by Gasteiger charge is -2.24.